The van der Waals surface area contributed by atoms with Crippen molar-refractivity contribution >= 4 is 16.9 Å². The summed E-state index contributed by atoms with van der Waals surface area (Å²) in [6.07, 6.45) is 9.80. The second kappa shape index (κ2) is 6.31. The summed E-state index contributed by atoms with van der Waals surface area (Å²) in [6, 6.07) is 5.90. The van der Waals surface area contributed by atoms with Gasteiger partial charge in [0.2, 0.25) is 0 Å². The third-order valence-corrected chi connectivity index (χ3v) is 7.89. The van der Waals surface area contributed by atoms with Gasteiger partial charge in [0.25, 0.3) is 5.91 Å². The number of carbonyl (C=O) groups excluding carboxylic acids is 1. The molecular weight excluding hydrogens is 350 g/mol. The molecule has 2 aromatic rings. The number of rotatable bonds is 4. The fourth-order valence-electron chi connectivity index (χ4n) is 7.14. The summed E-state index contributed by atoms with van der Waals surface area (Å²) in [7, 11) is 0. The molecule has 4 fully saturated rings. The van der Waals surface area contributed by atoms with Crippen LogP contribution in [0.25, 0.3) is 11.0 Å². The molecule has 0 radical (unpaired) electrons. The smallest absolute Gasteiger partial charge is 0.251 e. The summed E-state index contributed by atoms with van der Waals surface area (Å²) in [5.41, 5.74) is 3.24. The van der Waals surface area contributed by atoms with Gasteiger partial charge in [0, 0.05) is 18.7 Å². The minimum atomic E-state index is 0.0360. The lowest BCUT2D eigenvalue weighted by atomic mass is 9.49. The zero-order valence-electron chi connectivity index (χ0n) is 16.5. The van der Waals surface area contributed by atoms with Gasteiger partial charge in [0.15, 0.2) is 0 Å². The molecule has 1 aromatic carbocycles. The lowest BCUT2D eigenvalue weighted by Crippen LogP contribution is -2.47. The molecule has 1 aliphatic heterocycles. The average molecular weight is 380 g/mol. The van der Waals surface area contributed by atoms with Gasteiger partial charge in [-0.3, -0.25) is 4.79 Å². The first-order chi connectivity index (χ1) is 13.7. The molecule has 28 heavy (non-hydrogen) atoms. The summed E-state index contributed by atoms with van der Waals surface area (Å²) >= 11 is 0. The van der Waals surface area contributed by atoms with E-state index in [9.17, 15) is 4.79 Å². The molecule has 4 saturated carbocycles. The van der Waals surface area contributed by atoms with Crippen LogP contribution in [0.5, 0.6) is 0 Å². The second-order valence-corrected chi connectivity index (χ2v) is 9.86. The zero-order chi connectivity index (χ0) is 18.7. The molecule has 2 heterocycles. The largest absolute Gasteiger partial charge is 0.372 e. The van der Waals surface area contributed by atoms with Crippen molar-refractivity contribution in [1.29, 1.82) is 0 Å². The maximum Gasteiger partial charge on any atom is 0.251 e. The van der Waals surface area contributed by atoms with Gasteiger partial charge < -0.3 is 14.6 Å². The summed E-state index contributed by atoms with van der Waals surface area (Å²) in [5, 5.41) is 3.20. The normalized spacial score (nSPS) is 33.2. The number of ether oxygens (including phenoxy) is 1. The van der Waals surface area contributed by atoms with Gasteiger partial charge in [-0.25, -0.2) is 4.98 Å². The van der Waals surface area contributed by atoms with Crippen LogP contribution in [-0.2, 0) is 17.9 Å². The Bertz CT molecular complexity index is 896. The molecule has 0 unspecified atom stereocenters. The topological polar surface area (TPSA) is 56.2 Å². The highest BCUT2D eigenvalue weighted by Crippen LogP contribution is 2.61. The molecule has 4 bridgehead atoms. The van der Waals surface area contributed by atoms with Crippen molar-refractivity contribution in [2.24, 2.45) is 23.2 Å². The number of nitrogens with one attached hydrogen (secondary N) is 1. The molecule has 5 aliphatic rings. The second-order valence-electron chi connectivity index (χ2n) is 9.86. The lowest BCUT2D eigenvalue weighted by molar-refractivity contribution is -0.0564. The van der Waals surface area contributed by atoms with Crippen LogP contribution < -0.4 is 5.32 Å². The molecule has 148 valence electrons. The summed E-state index contributed by atoms with van der Waals surface area (Å²) in [5.74, 6) is 3.91. The lowest BCUT2D eigenvalue weighted by Gasteiger charge is -2.57. The molecule has 5 heteroatoms. The van der Waals surface area contributed by atoms with Gasteiger partial charge in [-0.05, 0) is 86.3 Å². The van der Waals surface area contributed by atoms with Gasteiger partial charge in [-0.15, -0.1) is 0 Å². The molecule has 0 saturated heterocycles. The minimum Gasteiger partial charge on any atom is -0.372 e. The van der Waals surface area contributed by atoms with Gasteiger partial charge in [-0.1, -0.05) is 0 Å². The number of hydrogen-bond donors (Lipinski definition) is 1. The quantitative estimate of drug-likeness (QED) is 0.876. The van der Waals surface area contributed by atoms with Crippen LogP contribution in [0.4, 0.5) is 0 Å². The Morgan fingerprint density at radius 2 is 1.93 bits per heavy atom. The highest BCUT2D eigenvalue weighted by Gasteiger charge is 2.50. The number of amides is 1. The van der Waals surface area contributed by atoms with Crippen molar-refractivity contribution < 1.29 is 9.53 Å². The van der Waals surface area contributed by atoms with Crippen LogP contribution in [0.2, 0.25) is 0 Å². The van der Waals surface area contributed by atoms with Crippen LogP contribution in [0.1, 0.15) is 61.1 Å². The monoisotopic (exact) mass is 379 g/mol. The highest BCUT2D eigenvalue weighted by atomic mass is 16.5. The van der Waals surface area contributed by atoms with Crippen molar-refractivity contribution in [3.05, 3.63) is 29.6 Å². The number of hydrogen-bond acceptors (Lipinski definition) is 3. The predicted octanol–water partition coefficient (Wildman–Crippen LogP) is 3.90. The zero-order valence-corrected chi connectivity index (χ0v) is 16.5. The molecule has 7 rings (SSSR count). The van der Waals surface area contributed by atoms with Crippen LogP contribution in [-0.4, -0.2) is 28.6 Å². The molecule has 1 amide bonds. The van der Waals surface area contributed by atoms with Crippen molar-refractivity contribution in [2.45, 2.75) is 58.1 Å². The molecule has 1 aromatic heterocycles. The van der Waals surface area contributed by atoms with E-state index in [4.69, 9.17) is 4.74 Å². The maximum atomic E-state index is 12.7. The van der Waals surface area contributed by atoms with Crippen molar-refractivity contribution in [2.75, 3.05) is 13.2 Å². The Balaban J connectivity index is 1.13. The molecule has 5 nitrogen and oxygen atoms in total. The van der Waals surface area contributed by atoms with Crippen molar-refractivity contribution in [3.63, 3.8) is 0 Å². The number of aromatic nitrogens is 2. The molecular formula is C23H29N3O2. The van der Waals surface area contributed by atoms with Crippen LogP contribution in [0.3, 0.4) is 0 Å². The Morgan fingerprint density at radius 3 is 2.68 bits per heavy atom. The van der Waals surface area contributed by atoms with Crippen LogP contribution in [0.15, 0.2) is 18.2 Å². The van der Waals surface area contributed by atoms with Gasteiger partial charge in [-0.2, -0.15) is 0 Å². The highest BCUT2D eigenvalue weighted by molar-refractivity contribution is 5.97. The average Bonchev–Trinajstić information content (AvgIpc) is 3.04. The van der Waals surface area contributed by atoms with E-state index in [1.54, 1.807) is 0 Å². The number of fused-ring (bicyclic) bond motifs is 3. The van der Waals surface area contributed by atoms with Gasteiger partial charge in [0.1, 0.15) is 12.4 Å². The molecule has 0 spiro atoms. The Hall–Kier alpha value is -1.88. The van der Waals surface area contributed by atoms with Crippen molar-refractivity contribution in [1.82, 2.24) is 14.9 Å². The van der Waals surface area contributed by atoms with Crippen molar-refractivity contribution in [3.8, 4) is 0 Å². The third kappa shape index (κ3) is 2.78. The Morgan fingerprint density at radius 1 is 1.18 bits per heavy atom. The SMILES string of the molecule is O=C(NCCC12CC3CC(CC(C3)C1)C2)c1ccc2c(c1)nc1n2CCOC1. The Labute approximate surface area is 165 Å². The fraction of sp³-hybridized carbons (Fsp3) is 0.652. The van der Waals surface area contributed by atoms with Gasteiger partial charge in [0.05, 0.1) is 17.6 Å². The molecule has 1 N–H and O–H groups in total. The van der Waals surface area contributed by atoms with Crippen LogP contribution >= 0.6 is 0 Å². The van der Waals surface area contributed by atoms with Gasteiger partial charge >= 0.3 is 0 Å². The van der Waals surface area contributed by atoms with E-state index < -0.39 is 0 Å². The maximum absolute atomic E-state index is 12.7. The summed E-state index contributed by atoms with van der Waals surface area (Å²) in [6.45, 7) is 2.92. The number of benzene rings is 1. The van der Waals surface area contributed by atoms with E-state index in [0.29, 0.717) is 12.0 Å². The third-order valence-electron chi connectivity index (χ3n) is 7.89. The van der Waals surface area contributed by atoms with E-state index in [-0.39, 0.29) is 5.91 Å². The standard InChI is InChI=1S/C23H29N3O2/c27-22(18-1-2-20-19(10-18)25-21-14-28-6-5-26(20)21)24-4-3-23-11-15-7-16(12-23)9-17(8-15)13-23/h1-2,10,15-17H,3-9,11-14H2,(H,24,27). The molecule has 4 aliphatic carbocycles. The van der Waals surface area contributed by atoms with E-state index in [2.05, 4.69) is 14.9 Å². The minimum absolute atomic E-state index is 0.0360. The van der Waals surface area contributed by atoms with E-state index >= 15 is 0 Å². The van der Waals surface area contributed by atoms with E-state index in [1.165, 1.54) is 38.5 Å². The van der Waals surface area contributed by atoms with E-state index in [1.807, 2.05) is 18.2 Å². The van der Waals surface area contributed by atoms with Crippen LogP contribution in [0, 0.1) is 23.2 Å². The summed E-state index contributed by atoms with van der Waals surface area (Å²) < 4.78 is 7.70. The number of nitrogens with zero attached hydrogens (tertiary/aromatic N) is 2. The fourth-order valence-corrected chi connectivity index (χ4v) is 7.14. The Kier molecular flexibility index (Phi) is 3.84. The van der Waals surface area contributed by atoms with E-state index in [0.717, 1.165) is 66.3 Å². The number of imidazole rings is 1. The predicted molar refractivity (Wildman–Crippen MR) is 107 cm³/mol. The number of carbonyl (C=O) groups is 1. The molecule has 0 atom stereocenters. The summed E-state index contributed by atoms with van der Waals surface area (Å²) in [4.78, 5) is 17.4. The first kappa shape index (κ1) is 17.0. The first-order valence-electron chi connectivity index (χ1n) is 11.0. The first-order valence-corrected chi connectivity index (χ1v) is 11.0.